The summed E-state index contributed by atoms with van der Waals surface area (Å²) in [6, 6.07) is 39.8. The molecule has 270 valence electrons. The Labute approximate surface area is 313 Å². The Morgan fingerprint density at radius 3 is 1.85 bits per heavy atom. The lowest BCUT2D eigenvalue weighted by Crippen LogP contribution is -2.16. The number of aromatic hydroxyl groups is 5. The van der Waals surface area contributed by atoms with E-state index >= 15 is 0 Å². The Kier molecular flexibility index (Phi) is 9.40. The summed E-state index contributed by atoms with van der Waals surface area (Å²) in [6.07, 6.45) is 5.37. The molecule has 0 saturated carbocycles. The molecule has 0 aliphatic rings. The van der Waals surface area contributed by atoms with Crippen LogP contribution in [0, 0.1) is 6.92 Å². The Hall–Kier alpha value is -6.86. The predicted octanol–water partition coefficient (Wildman–Crippen LogP) is 12.2. The van der Waals surface area contributed by atoms with Crippen LogP contribution in [-0.2, 0) is 0 Å². The van der Waals surface area contributed by atoms with Crippen molar-refractivity contribution in [1.82, 2.24) is 4.57 Å². The van der Waals surface area contributed by atoms with Gasteiger partial charge in [0, 0.05) is 27.8 Å². The van der Waals surface area contributed by atoms with E-state index in [-0.39, 0.29) is 5.69 Å². The number of phenols is 5. The van der Waals surface area contributed by atoms with E-state index in [1.807, 2.05) is 64.1 Å². The zero-order valence-electron chi connectivity index (χ0n) is 30.8. The number of rotatable bonds is 6. The normalized spacial score (nSPS) is 11.8. The van der Waals surface area contributed by atoms with Crippen molar-refractivity contribution in [2.45, 2.75) is 34.6 Å². The molecular weight excluding hydrogens is 673 g/mol. The molecular formula is C47H42N2O5. The van der Waals surface area contributed by atoms with Crippen LogP contribution >= 0.6 is 0 Å². The molecule has 0 aliphatic carbocycles. The number of para-hydroxylation sites is 1. The zero-order valence-corrected chi connectivity index (χ0v) is 30.8. The highest BCUT2D eigenvalue weighted by molar-refractivity contribution is 6.30. The summed E-state index contributed by atoms with van der Waals surface area (Å²) in [7, 11) is 0. The van der Waals surface area contributed by atoms with Gasteiger partial charge in [-0.05, 0) is 101 Å². The highest BCUT2D eigenvalue weighted by atomic mass is 16.4. The van der Waals surface area contributed by atoms with Crippen LogP contribution in [0.25, 0.3) is 60.2 Å². The summed E-state index contributed by atoms with van der Waals surface area (Å²) < 4.78 is 2.32. The van der Waals surface area contributed by atoms with Gasteiger partial charge in [-0.1, -0.05) is 105 Å². The van der Waals surface area contributed by atoms with Gasteiger partial charge in [0.05, 0.1) is 11.0 Å². The molecule has 8 rings (SSSR count). The Bertz CT molecular complexity index is 2750. The molecule has 5 N–H and O–H groups in total. The molecule has 0 saturated heterocycles. The van der Waals surface area contributed by atoms with E-state index in [1.54, 1.807) is 30.1 Å². The summed E-state index contributed by atoms with van der Waals surface area (Å²) in [5.74, 6) is -4.48. The summed E-state index contributed by atoms with van der Waals surface area (Å²) >= 11 is 0. The van der Waals surface area contributed by atoms with Crippen LogP contribution in [0.15, 0.2) is 139 Å². The van der Waals surface area contributed by atoms with Crippen molar-refractivity contribution in [3.05, 3.63) is 145 Å². The number of allylic oxidation sites excluding steroid dienone is 3. The van der Waals surface area contributed by atoms with Crippen molar-refractivity contribution in [1.29, 1.82) is 0 Å². The van der Waals surface area contributed by atoms with E-state index in [4.69, 9.17) is 0 Å². The first-order chi connectivity index (χ1) is 26.2. The van der Waals surface area contributed by atoms with Crippen molar-refractivity contribution < 1.29 is 25.5 Å². The maximum atomic E-state index is 11.1. The number of phenolic OH excluding ortho intramolecular Hbond substituents is 5. The van der Waals surface area contributed by atoms with Gasteiger partial charge in [0.1, 0.15) is 5.69 Å². The summed E-state index contributed by atoms with van der Waals surface area (Å²) in [5.41, 5.74) is 6.69. The number of nitrogens with zero attached hydrogens (tertiary/aromatic N) is 2. The van der Waals surface area contributed by atoms with Gasteiger partial charge in [0.25, 0.3) is 0 Å². The molecule has 1 aromatic heterocycles. The third-order valence-corrected chi connectivity index (χ3v) is 9.77. The van der Waals surface area contributed by atoms with Crippen LogP contribution in [0.3, 0.4) is 0 Å². The van der Waals surface area contributed by atoms with E-state index in [2.05, 4.69) is 83.4 Å². The van der Waals surface area contributed by atoms with Crippen LogP contribution in [0.4, 0.5) is 11.4 Å². The van der Waals surface area contributed by atoms with Crippen LogP contribution < -0.4 is 4.90 Å². The average Bonchev–Trinajstić information content (AvgIpc) is 3.56. The van der Waals surface area contributed by atoms with Gasteiger partial charge in [0.15, 0.2) is 11.5 Å². The van der Waals surface area contributed by atoms with Gasteiger partial charge in [0.2, 0.25) is 17.2 Å². The number of aromatic nitrogens is 1. The Balaban J connectivity index is 0.00000221. The molecule has 1 heterocycles. The highest BCUT2D eigenvalue weighted by Gasteiger charge is 2.30. The SMILES string of the molecule is C/C=C\C(=C/C)N(c1cc(C)cc(-c2cc3c(c4ccccc24)c2c4ccccc4ccc2n3-c2ccccc2)c1)c1c(O)c(O)c(O)c(O)c1O.CC. The number of aryl methyl sites for hydroxylation is 1. The lowest BCUT2D eigenvalue weighted by Gasteiger charge is -2.29. The van der Waals surface area contributed by atoms with Crippen LogP contribution in [-0.4, -0.2) is 30.1 Å². The third kappa shape index (κ3) is 5.62. The number of benzene rings is 7. The van der Waals surface area contributed by atoms with Crippen LogP contribution in [0.5, 0.6) is 28.7 Å². The minimum atomic E-state index is -1.02. The standard InChI is InChI=1S/C45H36N2O5.C2H6/c1-4-13-29(5-2)46(40-41(48)43(50)45(52)44(51)42(40)49)31-23-26(3)22-28(24-31)35-25-37-39(34-19-12-11-18-33(34)35)38-32-17-10-9-14-27(32)20-21-36(38)47(37)30-15-7-6-8-16-30;1-2/h4-25,48-52H,1-3H3;1-2H3/b13-4-,29-5+;. The largest absolute Gasteiger partial charge is 0.503 e. The second-order valence-electron chi connectivity index (χ2n) is 12.9. The number of hydrogen-bond donors (Lipinski definition) is 5. The van der Waals surface area contributed by atoms with Crippen molar-refractivity contribution in [3.63, 3.8) is 0 Å². The Morgan fingerprint density at radius 1 is 0.593 bits per heavy atom. The van der Waals surface area contributed by atoms with Gasteiger partial charge in [-0.25, -0.2) is 0 Å². The van der Waals surface area contributed by atoms with E-state index in [0.717, 1.165) is 55.0 Å². The minimum Gasteiger partial charge on any atom is -0.503 e. The van der Waals surface area contributed by atoms with E-state index in [9.17, 15) is 25.5 Å². The van der Waals surface area contributed by atoms with Crippen LogP contribution in [0.2, 0.25) is 0 Å². The third-order valence-electron chi connectivity index (χ3n) is 9.77. The molecule has 0 spiro atoms. The first kappa shape index (κ1) is 35.5. The van der Waals surface area contributed by atoms with E-state index in [1.165, 1.54) is 10.8 Å². The molecule has 0 aliphatic heterocycles. The fourth-order valence-electron chi connectivity index (χ4n) is 7.54. The molecule has 0 unspecified atom stereocenters. The fourth-order valence-corrected chi connectivity index (χ4v) is 7.54. The second-order valence-corrected chi connectivity index (χ2v) is 12.9. The number of anilines is 2. The van der Waals surface area contributed by atoms with Crippen molar-refractivity contribution in [3.8, 4) is 45.6 Å². The predicted molar refractivity (Wildman–Crippen MR) is 223 cm³/mol. The molecule has 0 atom stereocenters. The molecule has 7 heteroatoms. The van der Waals surface area contributed by atoms with E-state index < -0.39 is 28.7 Å². The summed E-state index contributed by atoms with van der Waals surface area (Å²) in [6.45, 7) is 9.61. The lowest BCUT2D eigenvalue weighted by atomic mass is 9.92. The lowest BCUT2D eigenvalue weighted by molar-refractivity contribution is 0.329. The van der Waals surface area contributed by atoms with Gasteiger partial charge >= 0.3 is 0 Å². The van der Waals surface area contributed by atoms with E-state index in [0.29, 0.717) is 11.4 Å². The van der Waals surface area contributed by atoms with Gasteiger partial charge in [-0.3, -0.25) is 0 Å². The first-order valence-corrected chi connectivity index (χ1v) is 18.1. The van der Waals surface area contributed by atoms with Crippen molar-refractivity contribution >= 4 is 54.7 Å². The maximum absolute atomic E-state index is 11.1. The average molecular weight is 715 g/mol. The molecule has 7 nitrogen and oxygen atoms in total. The van der Waals surface area contributed by atoms with Gasteiger partial charge in [-0.15, -0.1) is 0 Å². The minimum absolute atomic E-state index is 0.285. The monoisotopic (exact) mass is 714 g/mol. The topological polar surface area (TPSA) is 109 Å². The molecule has 54 heavy (non-hydrogen) atoms. The van der Waals surface area contributed by atoms with Crippen molar-refractivity contribution in [2.75, 3.05) is 4.90 Å². The number of fused-ring (bicyclic) bond motifs is 7. The summed E-state index contributed by atoms with van der Waals surface area (Å²) in [5, 5.41) is 60.5. The Morgan fingerprint density at radius 2 is 1.19 bits per heavy atom. The van der Waals surface area contributed by atoms with Crippen LogP contribution in [0.1, 0.15) is 33.3 Å². The fraction of sp³-hybridized carbons (Fsp3) is 0.106. The van der Waals surface area contributed by atoms with Crippen molar-refractivity contribution in [2.24, 2.45) is 0 Å². The molecule has 0 amide bonds. The molecule has 0 radical (unpaired) electrons. The quantitative estimate of drug-likeness (QED) is 0.0666. The number of hydrogen-bond acceptors (Lipinski definition) is 6. The molecule has 0 fully saturated rings. The first-order valence-electron chi connectivity index (χ1n) is 18.1. The highest BCUT2D eigenvalue weighted by Crippen LogP contribution is 2.57. The zero-order chi connectivity index (χ0) is 38.3. The second kappa shape index (κ2) is 14.3. The van der Waals surface area contributed by atoms with Gasteiger partial charge in [-0.2, -0.15) is 0 Å². The molecule has 7 aromatic carbocycles. The molecule has 0 bridgehead atoms. The smallest absolute Gasteiger partial charge is 0.208 e. The molecule has 8 aromatic rings. The summed E-state index contributed by atoms with van der Waals surface area (Å²) in [4.78, 5) is 1.55. The maximum Gasteiger partial charge on any atom is 0.208 e. The van der Waals surface area contributed by atoms with Gasteiger partial charge < -0.3 is 35.0 Å².